The fourth-order valence-corrected chi connectivity index (χ4v) is 2.45. The summed E-state index contributed by atoms with van der Waals surface area (Å²) >= 11 is 5.93. The number of anilines is 1. The quantitative estimate of drug-likeness (QED) is 0.773. The molecule has 0 spiro atoms. The van der Waals surface area contributed by atoms with Gasteiger partial charge >= 0.3 is 0 Å². The molecule has 1 saturated heterocycles. The van der Waals surface area contributed by atoms with Gasteiger partial charge in [0.2, 0.25) is 0 Å². The molecule has 0 radical (unpaired) electrons. The number of alkyl halides is 1. The molecule has 0 N–H and O–H groups in total. The molecule has 17 heavy (non-hydrogen) atoms. The SMILES string of the molecule is CN(CC1CCCCO1)c1cnccc1CCl. The van der Waals surface area contributed by atoms with Gasteiger partial charge in [0.25, 0.3) is 0 Å². The maximum atomic E-state index is 5.93. The standard InChI is InChI=1S/C13H19ClN2O/c1-16(10-12-4-2-3-7-17-12)13-9-15-6-5-11(13)8-14/h5-6,9,12H,2-4,7-8,10H2,1H3. The molecule has 0 aromatic carbocycles. The minimum atomic E-state index is 0.345. The number of likely N-dealkylation sites (N-methyl/N-ethyl adjacent to an activating group) is 1. The van der Waals surface area contributed by atoms with Crippen molar-refractivity contribution in [3.8, 4) is 0 Å². The largest absolute Gasteiger partial charge is 0.376 e. The Balaban J connectivity index is 2.00. The van der Waals surface area contributed by atoms with E-state index in [1.807, 2.05) is 12.3 Å². The van der Waals surface area contributed by atoms with E-state index in [1.165, 1.54) is 12.8 Å². The molecule has 1 atom stereocenters. The molecule has 1 aliphatic heterocycles. The number of nitrogens with zero attached hydrogens (tertiary/aromatic N) is 2. The van der Waals surface area contributed by atoms with Crippen molar-refractivity contribution >= 4 is 17.3 Å². The lowest BCUT2D eigenvalue weighted by atomic mass is 10.1. The molecule has 1 unspecified atom stereocenters. The molecule has 4 heteroatoms. The molecule has 94 valence electrons. The third-order valence-corrected chi connectivity index (χ3v) is 3.48. The van der Waals surface area contributed by atoms with Gasteiger partial charge in [-0.2, -0.15) is 0 Å². The summed E-state index contributed by atoms with van der Waals surface area (Å²) in [6.07, 6.45) is 7.62. The molecule has 2 rings (SSSR count). The maximum absolute atomic E-state index is 5.93. The molecule has 0 amide bonds. The van der Waals surface area contributed by atoms with E-state index in [-0.39, 0.29) is 0 Å². The van der Waals surface area contributed by atoms with E-state index in [4.69, 9.17) is 16.3 Å². The van der Waals surface area contributed by atoms with Gasteiger partial charge in [0.05, 0.1) is 18.0 Å². The minimum absolute atomic E-state index is 0.345. The fraction of sp³-hybridized carbons (Fsp3) is 0.615. The van der Waals surface area contributed by atoms with Gasteiger partial charge in [0, 0.05) is 32.3 Å². The number of hydrogen-bond acceptors (Lipinski definition) is 3. The predicted octanol–water partition coefficient (Wildman–Crippen LogP) is 2.83. The highest BCUT2D eigenvalue weighted by molar-refractivity contribution is 6.17. The van der Waals surface area contributed by atoms with Crippen molar-refractivity contribution < 1.29 is 4.74 Å². The van der Waals surface area contributed by atoms with Crippen molar-refractivity contribution in [2.45, 2.75) is 31.2 Å². The first kappa shape index (κ1) is 12.7. The number of ether oxygens (including phenoxy) is 1. The highest BCUT2D eigenvalue weighted by atomic mass is 35.5. The molecule has 2 heterocycles. The van der Waals surface area contributed by atoms with Crippen LogP contribution in [0.3, 0.4) is 0 Å². The molecular formula is C13H19ClN2O. The molecule has 0 bridgehead atoms. The smallest absolute Gasteiger partial charge is 0.0749 e. The van der Waals surface area contributed by atoms with Gasteiger partial charge in [-0.25, -0.2) is 0 Å². The lowest BCUT2D eigenvalue weighted by Gasteiger charge is -2.29. The Kier molecular flexibility index (Phi) is 4.63. The van der Waals surface area contributed by atoms with E-state index in [0.717, 1.165) is 30.8 Å². The van der Waals surface area contributed by atoms with Crippen molar-refractivity contribution in [1.82, 2.24) is 4.98 Å². The van der Waals surface area contributed by atoms with Crippen LogP contribution in [0.4, 0.5) is 5.69 Å². The second-order valence-corrected chi connectivity index (χ2v) is 4.77. The van der Waals surface area contributed by atoms with Crippen LogP contribution >= 0.6 is 11.6 Å². The first-order chi connectivity index (χ1) is 8.31. The first-order valence-electron chi connectivity index (χ1n) is 6.13. The number of pyridine rings is 1. The summed E-state index contributed by atoms with van der Waals surface area (Å²) in [4.78, 5) is 6.36. The summed E-state index contributed by atoms with van der Waals surface area (Å²) in [5.74, 6) is 0.522. The van der Waals surface area contributed by atoms with Crippen LogP contribution in [0.2, 0.25) is 0 Å². The lowest BCUT2D eigenvalue weighted by molar-refractivity contribution is 0.0216. The Hall–Kier alpha value is -0.800. The average molecular weight is 255 g/mol. The molecule has 1 aromatic heterocycles. The number of rotatable bonds is 4. The van der Waals surface area contributed by atoms with Crippen molar-refractivity contribution in [3.63, 3.8) is 0 Å². The highest BCUT2D eigenvalue weighted by Crippen LogP contribution is 2.22. The maximum Gasteiger partial charge on any atom is 0.0749 e. The van der Waals surface area contributed by atoms with Gasteiger partial charge < -0.3 is 9.64 Å². The predicted molar refractivity (Wildman–Crippen MR) is 70.7 cm³/mol. The Morgan fingerprint density at radius 1 is 1.53 bits per heavy atom. The zero-order chi connectivity index (χ0) is 12.1. The Bertz CT molecular complexity index is 353. The molecule has 0 aliphatic carbocycles. The Labute approximate surface area is 108 Å². The minimum Gasteiger partial charge on any atom is -0.376 e. The topological polar surface area (TPSA) is 25.4 Å². The van der Waals surface area contributed by atoms with E-state index in [0.29, 0.717) is 12.0 Å². The van der Waals surface area contributed by atoms with Crippen LogP contribution in [0.25, 0.3) is 0 Å². The fourth-order valence-electron chi connectivity index (χ4n) is 2.23. The van der Waals surface area contributed by atoms with E-state index < -0.39 is 0 Å². The average Bonchev–Trinajstić information content (AvgIpc) is 2.40. The van der Waals surface area contributed by atoms with Gasteiger partial charge in [-0.05, 0) is 30.9 Å². The van der Waals surface area contributed by atoms with E-state index in [2.05, 4.69) is 16.9 Å². The number of aromatic nitrogens is 1. The van der Waals surface area contributed by atoms with Gasteiger partial charge in [-0.15, -0.1) is 11.6 Å². The van der Waals surface area contributed by atoms with Crippen molar-refractivity contribution in [2.24, 2.45) is 0 Å². The van der Waals surface area contributed by atoms with E-state index in [1.54, 1.807) is 6.20 Å². The van der Waals surface area contributed by atoms with Gasteiger partial charge in [-0.3, -0.25) is 4.98 Å². The van der Waals surface area contributed by atoms with Crippen molar-refractivity contribution in [3.05, 3.63) is 24.0 Å². The van der Waals surface area contributed by atoms with E-state index >= 15 is 0 Å². The van der Waals surface area contributed by atoms with Crippen LogP contribution in [0, 0.1) is 0 Å². The van der Waals surface area contributed by atoms with Crippen LogP contribution in [0.5, 0.6) is 0 Å². The van der Waals surface area contributed by atoms with Crippen LogP contribution < -0.4 is 4.90 Å². The number of hydrogen-bond donors (Lipinski definition) is 0. The van der Waals surface area contributed by atoms with Gasteiger partial charge in [0.1, 0.15) is 0 Å². The molecule has 1 aromatic rings. The zero-order valence-electron chi connectivity index (χ0n) is 10.2. The van der Waals surface area contributed by atoms with Crippen molar-refractivity contribution in [1.29, 1.82) is 0 Å². The normalized spacial score (nSPS) is 20.2. The number of halogens is 1. The van der Waals surface area contributed by atoms with Crippen LogP contribution in [-0.4, -0.2) is 31.3 Å². The van der Waals surface area contributed by atoms with Crippen LogP contribution in [0.15, 0.2) is 18.5 Å². The van der Waals surface area contributed by atoms with Crippen LogP contribution in [0.1, 0.15) is 24.8 Å². The molecule has 3 nitrogen and oxygen atoms in total. The first-order valence-corrected chi connectivity index (χ1v) is 6.66. The second-order valence-electron chi connectivity index (χ2n) is 4.51. The summed E-state index contributed by atoms with van der Waals surface area (Å²) in [6, 6.07) is 1.97. The molecular weight excluding hydrogens is 236 g/mol. The van der Waals surface area contributed by atoms with E-state index in [9.17, 15) is 0 Å². The molecule has 1 fully saturated rings. The third-order valence-electron chi connectivity index (χ3n) is 3.19. The molecule has 0 saturated carbocycles. The Morgan fingerprint density at radius 3 is 3.12 bits per heavy atom. The highest BCUT2D eigenvalue weighted by Gasteiger charge is 2.17. The van der Waals surface area contributed by atoms with Crippen LogP contribution in [-0.2, 0) is 10.6 Å². The summed E-state index contributed by atoms with van der Waals surface area (Å²) in [6.45, 7) is 1.81. The second kappa shape index (κ2) is 6.22. The zero-order valence-corrected chi connectivity index (χ0v) is 11.0. The summed E-state index contributed by atoms with van der Waals surface area (Å²) in [7, 11) is 2.07. The molecule has 1 aliphatic rings. The monoisotopic (exact) mass is 254 g/mol. The lowest BCUT2D eigenvalue weighted by Crippen LogP contribution is -2.33. The van der Waals surface area contributed by atoms with Crippen molar-refractivity contribution in [2.75, 3.05) is 25.1 Å². The summed E-state index contributed by atoms with van der Waals surface area (Å²) in [5.41, 5.74) is 2.23. The Morgan fingerprint density at radius 2 is 2.41 bits per heavy atom. The van der Waals surface area contributed by atoms with Gasteiger partial charge in [-0.1, -0.05) is 0 Å². The summed E-state index contributed by atoms with van der Waals surface area (Å²) in [5, 5.41) is 0. The summed E-state index contributed by atoms with van der Waals surface area (Å²) < 4.78 is 5.75. The van der Waals surface area contributed by atoms with Gasteiger partial charge in [0.15, 0.2) is 0 Å². The third kappa shape index (κ3) is 3.33.